The van der Waals surface area contributed by atoms with E-state index in [0.717, 1.165) is 20.8 Å². The molecule has 2 aromatic rings. The second-order valence-electron chi connectivity index (χ2n) is 4.51. The Labute approximate surface area is 136 Å². The van der Waals surface area contributed by atoms with E-state index in [9.17, 15) is 5.11 Å². The van der Waals surface area contributed by atoms with Crippen molar-refractivity contribution >= 4 is 33.0 Å². The van der Waals surface area contributed by atoms with Crippen molar-refractivity contribution in [2.24, 2.45) is 0 Å². The lowest BCUT2D eigenvalue weighted by Crippen LogP contribution is -2.24. The van der Waals surface area contributed by atoms with Gasteiger partial charge >= 0.3 is 0 Å². The van der Waals surface area contributed by atoms with Gasteiger partial charge in [0.2, 0.25) is 0 Å². The van der Waals surface area contributed by atoms with E-state index in [0.29, 0.717) is 19.8 Å². The molecule has 114 valence electrons. The van der Waals surface area contributed by atoms with Gasteiger partial charge in [0.05, 0.1) is 26.4 Å². The largest absolute Gasteiger partial charge is 0.497 e. The molecule has 0 aliphatic carbocycles. The van der Waals surface area contributed by atoms with Crippen LogP contribution in [0.1, 0.15) is 4.88 Å². The van der Waals surface area contributed by atoms with E-state index in [2.05, 4.69) is 21.2 Å². The number of aliphatic hydroxyl groups is 1. The minimum atomic E-state index is -0.560. The SMILES string of the molecule is COc1cc(Br)cc(NCC(O)COCc2cccs2)c1. The number of benzene rings is 1. The first kappa shape index (κ1) is 16.3. The third kappa shape index (κ3) is 5.67. The van der Waals surface area contributed by atoms with Gasteiger partial charge in [0, 0.05) is 27.6 Å². The number of ether oxygens (including phenoxy) is 2. The molecule has 1 atom stereocenters. The number of hydrogen-bond acceptors (Lipinski definition) is 5. The molecule has 0 amide bonds. The van der Waals surface area contributed by atoms with E-state index >= 15 is 0 Å². The number of rotatable bonds is 8. The molecule has 4 nitrogen and oxygen atoms in total. The van der Waals surface area contributed by atoms with E-state index in [1.807, 2.05) is 35.7 Å². The summed E-state index contributed by atoms with van der Waals surface area (Å²) in [7, 11) is 1.62. The normalized spacial score (nSPS) is 12.1. The van der Waals surface area contributed by atoms with Crippen molar-refractivity contribution in [2.75, 3.05) is 25.6 Å². The summed E-state index contributed by atoms with van der Waals surface area (Å²) in [5.74, 6) is 0.760. The van der Waals surface area contributed by atoms with Crippen LogP contribution in [0.25, 0.3) is 0 Å². The lowest BCUT2D eigenvalue weighted by atomic mass is 10.3. The topological polar surface area (TPSA) is 50.7 Å². The first-order valence-electron chi connectivity index (χ1n) is 6.54. The van der Waals surface area contributed by atoms with E-state index < -0.39 is 6.10 Å². The van der Waals surface area contributed by atoms with Crippen LogP contribution < -0.4 is 10.1 Å². The van der Waals surface area contributed by atoms with Crippen LogP contribution in [-0.4, -0.2) is 31.5 Å². The molecule has 0 bridgehead atoms. The number of anilines is 1. The zero-order chi connectivity index (χ0) is 15.1. The van der Waals surface area contributed by atoms with Crippen LogP contribution in [-0.2, 0) is 11.3 Å². The standard InChI is InChI=1S/C15H18BrNO3S/c1-19-14-6-11(16)5-12(7-14)17-8-13(18)9-20-10-15-3-2-4-21-15/h2-7,13,17-18H,8-10H2,1H3. The van der Waals surface area contributed by atoms with Gasteiger partial charge in [-0.1, -0.05) is 22.0 Å². The third-order valence-electron chi connectivity index (χ3n) is 2.78. The van der Waals surface area contributed by atoms with Crippen molar-refractivity contribution in [1.29, 1.82) is 0 Å². The van der Waals surface area contributed by atoms with Crippen molar-refractivity contribution in [3.63, 3.8) is 0 Å². The molecule has 0 aliphatic heterocycles. The van der Waals surface area contributed by atoms with Crippen LogP contribution in [0.3, 0.4) is 0 Å². The molecule has 2 N–H and O–H groups in total. The molecule has 1 aromatic carbocycles. The first-order chi connectivity index (χ1) is 10.2. The molecule has 21 heavy (non-hydrogen) atoms. The maximum Gasteiger partial charge on any atom is 0.122 e. The van der Waals surface area contributed by atoms with Crippen molar-refractivity contribution in [3.05, 3.63) is 45.1 Å². The summed E-state index contributed by atoms with van der Waals surface area (Å²) in [4.78, 5) is 1.16. The first-order valence-corrected chi connectivity index (χ1v) is 8.21. The van der Waals surface area contributed by atoms with E-state index in [1.54, 1.807) is 18.4 Å². The summed E-state index contributed by atoms with van der Waals surface area (Å²) in [6.45, 7) is 1.26. The molecule has 1 heterocycles. The van der Waals surface area contributed by atoms with Gasteiger partial charge in [-0.3, -0.25) is 0 Å². The molecule has 0 saturated heterocycles. The van der Waals surface area contributed by atoms with E-state index in [1.165, 1.54) is 0 Å². The predicted octanol–water partition coefficient (Wildman–Crippen LogP) is 3.51. The Morgan fingerprint density at radius 2 is 2.24 bits per heavy atom. The quantitative estimate of drug-likeness (QED) is 0.745. The fourth-order valence-electron chi connectivity index (χ4n) is 1.77. The lowest BCUT2D eigenvalue weighted by Gasteiger charge is -2.14. The van der Waals surface area contributed by atoms with Gasteiger partial charge < -0.3 is 19.9 Å². The maximum absolute atomic E-state index is 9.91. The highest BCUT2D eigenvalue weighted by atomic mass is 79.9. The summed E-state index contributed by atoms with van der Waals surface area (Å²) in [6, 6.07) is 9.70. The Bertz CT molecular complexity index is 548. The Kier molecular flexibility index (Phi) is 6.50. The molecule has 0 fully saturated rings. The predicted molar refractivity (Wildman–Crippen MR) is 89.2 cm³/mol. The lowest BCUT2D eigenvalue weighted by molar-refractivity contribution is 0.0359. The summed E-state index contributed by atoms with van der Waals surface area (Å²) in [5, 5.41) is 15.1. The van der Waals surface area contributed by atoms with Gasteiger partial charge in [0.15, 0.2) is 0 Å². The smallest absolute Gasteiger partial charge is 0.122 e. The van der Waals surface area contributed by atoms with Gasteiger partial charge in [0.1, 0.15) is 5.75 Å². The number of methoxy groups -OCH3 is 1. The second-order valence-corrected chi connectivity index (χ2v) is 6.46. The number of halogens is 1. The molecule has 6 heteroatoms. The highest BCUT2D eigenvalue weighted by molar-refractivity contribution is 9.10. The molecule has 0 saturated carbocycles. The Hall–Kier alpha value is -1.08. The summed E-state index contributed by atoms with van der Waals surface area (Å²) < 4.78 is 11.6. The fourth-order valence-corrected chi connectivity index (χ4v) is 2.88. The highest BCUT2D eigenvalue weighted by Crippen LogP contribution is 2.24. The third-order valence-corrected chi connectivity index (χ3v) is 4.09. The van der Waals surface area contributed by atoms with E-state index in [4.69, 9.17) is 9.47 Å². The number of nitrogens with one attached hydrogen (secondary N) is 1. The Balaban J connectivity index is 1.73. The number of aliphatic hydroxyl groups excluding tert-OH is 1. The number of hydrogen-bond donors (Lipinski definition) is 2. The molecule has 1 aromatic heterocycles. The number of thiophene rings is 1. The molecular weight excluding hydrogens is 354 g/mol. The van der Waals surface area contributed by atoms with Gasteiger partial charge in [-0.25, -0.2) is 0 Å². The molecule has 2 rings (SSSR count). The van der Waals surface area contributed by atoms with Crippen molar-refractivity contribution in [1.82, 2.24) is 0 Å². The Morgan fingerprint density at radius 1 is 1.38 bits per heavy atom. The summed E-state index contributed by atoms with van der Waals surface area (Å²) >= 11 is 5.07. The summed E-state index contributed by atoms with van der Waals surface area (Å²) in [5.41, 5.74) is 0.888. The molecular formula is C15H18BrNO3S. The van der Waals surface area contributed by atoms with Crippen LogP contribution in [0.4, 0.5) is 5.69 Å². The zero-order valence-electron chi connectivity index (χ0n) is 11.7. The molecule has 1 unspecified atom stereocenters. The van der Waals surface area contributed by atoms with Gasteiger partial charge in [-0.05, 0) is 23.6 Å². The minimum absolute atomic E-state index is 0.302. The van der Waals surface area contributed by atoms with Crippen LogP contribution >= 0.6 is 27.3 Å². The molecule has 0 spiro atoms. The van der Waals surface area contributed by atoms with Gasteiger partial charge in [-0.2, -0.15) is 0 Å². The van der Waals surface area contributed by atoms with Crippen LogP contribution in [0.5, 0.6) is 5.75 Å². The van der Waals surface area contributed by atoms with Gasteiger partial charge in [0.25, 0.3) is 0 Å². The van der Waals surface area contributed by atoms with Crippen LogP contribution in [0, 0.1) is 0 Å². The molecule has 0 aliphatic rings. The summed E-state index contributed by atoms with van der Waals surface area (Å²) in [6.07, 6.45) is -0.560. The van der Waals surface area contributed by atoms with Crippen molar-refractivity contribution in [2.45, 2.75) is 12.7 Å². The fraction of sp³-hybridized carbons (Fsp3) is 0.333. The zero-order valence-corrected chi connectivity index (χ0v) is 14.1. The van der Waals surface area contributed by atoms with E-state index in [-0.39, 0.29) is 0 Å². The average Bonchev–Trinajstić information content (AvgIpc) is 2.98. The molecule has 0 radical (unpaired) electrons. The highest BCUT2D eigenvalue weighted by Gasteiger charge is 2.06. The van der Waals surface area contributed by atoms with Crippen molar-refractivity contribution < 1.29 is 14.6 Å². The monoisotopic (exact) mass is 371 g/mol. The Morgan fingerprint density at radius 3 is 2.95 bits per heavy atom. The second kappa shape index (κ2) is 8.38. The van der Waals surface area contributed by atoms with Crippen LogP contribution in [0.15, 0.2) is 40.2 Å². The minimum Gasteiger partial charge on any atom is -0.497 e. The van der Waals surface area contributed by atoms with Crippen LogP contribution in [0.2, 0.25) is 0 Å². The van der Waals surface area contributed by atoms with Crippen molar-refractivity contribution in [3.8, 4) is 5.75 Å². The van der Waals surface area contributed by atoms with Gasteiger partial charge in [-0.15, -0.1) is 11.3 Å². The average molecular weight is 372 g/mol. The maximum atomic E-state index is 9.91.